The standard InChI is InChI=1S/C12H8Cl2N2O/c1-2-16-5-3-4-9(16)12(17)8-6-10(13)15-11(14)7-8/h2-7H,1H2. The quantitative estimate of drug-likeness (QED) is 0.630. The SMILES string of the molecule is C=Cn1cccc1C(=O)c1cc(Cl)nc(Cl)c1. The van der Waals surface area contributed by atoms with Crippen molar-refractivity contribution in [3.05, 3.63) is 58.6 Å². The third-order valence-electron chi connectivity index (χ3n) is 2.23. The summed E-state index contributed by atoms with van der Waals surface area (Å²) in [5, 5.41) is 0.384. The van der Waals surface area contributed by atoms with Crippen LogP contribution < -0.4 is 0 Å². The molecule has 0 aliphatic rings. The minimum Gasteiger partial charge on any atom is -0.321 e. The highest BCUT2D eigenvalue weighted by atomic mass is 35.5. The Morgan fingerprint density at radius 1 is 1.35 bits per heavy atom. The van der Waals surface area contributed by atoms with Crippen LogP contribution in [0.25, 0.3) is 6.20 Å². The lowest BCUT2D eigenvalue weighted by atomic mass is 10.1. The number of rotatable bonds is 3. The number of hydrogen-bond acceptors (Lipinski definition) is 2. The second-order valence-corrected chi connectivity index (χ2v) is 4.09. The van der Waals surface area contributed by atoms with Gasteiger partial charge in [0.2, 0.25) is 5.78 Å². The van der Waals surface area contributed by atoms with Crippen LogP contribution in [0, 0.1) is 0 Å². The summed E-state index contributed by atoms with van der Waals surface area (Å²) in [5.74, 6) is -0.180. The average molecular weight is 267 g/mol. The van der Waals surface area contributed by atoms with Gasteiger partial charge in [-0.15, -0.1) is 0 Å². The van der Waals surface area contributed by atoms with Gasteiger partial charge in [-0.05, 0) is 24.3 Å². The number of pyridine rings is 1. The Hall–Kier alpha value is -1.58. The van der Waals surface area contributed by atoms with Crippen molar-refractivity contribution in [3.63, 3.8) is 0 Å². The molecule has 86 valence electrons. The van der Waals surface area contributed by atoms with Crippen molar-refractivity contribution in [2.45, 2.75) is 0 Å². The monoisotopic (exact) mass is 266 g/mol. The van der Waals surface area contributed by atoms with Crippen LogP contribution in [-0.4, -0.2) is 15.3 Å². The van der Waals surface area contributed by atoms with E-state index in [1.807, 2.05) is 0 Å². The first-order valence-corrected chi connectivity index (χ1v) is 5.54. The summed E-state index contributed by atoms with van der Waals surface area (Å²) in [6.45, 7) is 3.62. The van der Waals surface area contributed by atoms with Crippen molar-refractivity contribution < 1.29 is 4.79 Å². The lowest BCUT2D eigenvalue weighted by molar-refractivity contribution is 0.103. The molecule has 2 rings (SSSR count). The molecule has 0 fully saturated rings. The molecule has 0 N–H and O–H groups in total. The first-order valence-electron chi connectivity index (χ1n) is 4.79. The highest BCUT2D eigenvalue weighted by molar-refractivity contribution is 6.33. The predicted octanol–water partition coefficient (Wildman–Crippen LogP) is 3.52. The molecule has 0 radical (unpaired) electrons. The van der Waals surface area contributed by atoms with E-state index in [1.165, 1.54) is 12.1 Å². The normalized spacial score (nSPS) is 10.2. The molecule has 0 aliphatic heterocycles. The number of nitrogens with zero attached hydrogens (tertiary/aromatic N) is 2. The van der Waals surface area contributed by atoms with Gasteiger partial charge in [-0.1, -0.05) is 29.8 Å². The summed E-state index contributed by atoms with van der Waals surface area (Å²) in [4.78, 5) is 16.0. The maximum Gasteiger partial charge on any atom is 0.209 e. The number of ketones is 1. The third kappa shape index (κ3) is 2.40. The van der Waals surface area contributed by atoms with Crippen LogP contribution in [0.15, 0.2) is 37.0 Å². The minimum absolute atomic E-state index is 0.180. The molecule has 3 nitrogen and oxygen atoms in total. The number of carbonyl (C=O) groups is 1. The predicted molar refractivity (Wildman–Crippen MR) is 68.5 cm³/mol. The van der Waals surface area contributed by atoms with Crippen LogP contribution in [0.3, 0.4) is 0 Å². The minimum atomic E-state index is -0.180. The summed E-state index contributed by atoms with van der Waals surface area (Å²) < 4.78 is 1.63. The van der Waals surface area contributed by atoms with E-state index in [9.17, 15) is 4.79 Å². The molecular formula is C12H8Cl2N2O. The fourth-order valence-electron chi connectivity index (χ4n) is 1.49. The summed E-state index contributed by atoms with van der Waals surface area (Å²) in [6.07, 6.45) is 3.29. The Bertz CT molecular complexity index is 570. The fourth-order valence-corrected chi connectivity index (χ4v) is 1.95. The Morgan fingerprint density at radius 3 is 2.59 bits per heavy atom. The largest absolute Gasteiger partial charge is 0.321 e. The molecule has 0 spiro atoms. The molecule has 17 heavy (non-hydrogen) atoms. The summed E-state index contributed by atoms with van der Waals surface area (Å²) >= 11 is 11.5. The van der Waals surface area contributed by atoms with E-state index >= 15 is 0 Å². The second-order valence-electron chi connectivity index (χ2n) is 3.31. The first-order chi connectivity index (χ1) is 8.11. The van der Waals surface area contributed by atoms with Gasteiger partial charge in [0.05, 0.1) is 5.69 Å². The van der Waals surface area contributed by atoms with Gasteiger partial charge in [-0.3, -0.25) is 4.79 Å². The average Bonchev–Trinajstić information content (AvgIpc) is 2.74. The molecule has 0 saturated heterocycles. The van der Waals surface area contributed by atoms with Gasteiger partial charge in [-0.25, -0.2) is 4.98 Å². The maximum absolute atomic E-state index is 12.2. The molecule has 0 amide bonds. The van der Waals surface area contributed by atoms with E-state index in [4.69, 9.17) is 23.2 Å². The summed E-state index contributed by atoms with van der Waals surface area (Å²) in [7, 11) is 0. The van der Waals surface area contributed by atoms with Crippen molar-refractivity contribution in [2.24, 2.45) is 0 Å². The van der Waals surface area contributed by atoms with Crippen LogP contribution in [-0.2, 0) is 0 Å². The highest BCUT2D eigenvalue weighted by Gasteiger charge is 2.14. The molecule has 5 heteroatoms. The first kappa shape index (κ1) is 11.9. The molecule has 2 aromatic heterocycles. The Balaban J connectivity index is 2.47. The van der Waals surface area contributed by atoms with E-state index in [2.05, 4.69) is 11.6 Å². The zero-order valence-electron chi connectivity index (χ0n) is 8.73. The molecule has 2 aromatic rings. The zero-order valence-corrected chi connectivity index (χ0v) is 10.2. The fraction of sp³-hybridized carbons (Fsp3) is 0. The molecule has 0 bridgehead atoms. The van der Waals surface area contributed by atoms with Crippen molar-refractivity contribution in [1.82, 2.24) is 9.55 Å². The van der Waals surface area contributed by atoms with E-state index in [0.717, 1.165) is 0 Å². The summed E-state index contributed by atoms with van der Waals surface area (Å²) in [6, 6.07) is 6.43. The number of aromatic nitrogens is 2. The lowest BCUT2D eigenvalue weighted by Crippen LogP contribution is -2.06. The van der Waals surface area contributed by atoms with Crippen LogP contribution in [0.1, 0.15) is 16.1 Å². The van der Waals surface area contributed by atoms with Crippen LogP contribution in [0.5, 0.6) is 0 Å². The van der Waals surface area contributed by atoms with Gasteiger partial charge >= 0.3 is 0 Å². The van der Waals surface area contributed by atoms with Gasteiger partial charge in [0, 0.05) is 18.0 Å². The highest BCUT2D eigenvalue weighted by Crippen LogP contribution is 2.18. The van der Waals surface area contributed by atoms with E-state index in [1.54, 1.807) is 29.1 Å². The summed E-state index contributed by atoms with van der Waals surface area (Å²) in [5.41, 5.74) is 0.898. The van der Waals surface area contributed by atoms with Crippen molar-refractivity contribution in [3.8, 4) is 0 Å². The van der Waals surface area contributed by atoms with Gasteiger partial charge in [0.25, 0.3) is 0 Å². The Kier molecular flexibility index (Phi) is 3.31. The number of halogens is 2. The molecule has 0 aromatic carbocycles. The van der Waals surface area contributed by atoms with Gasteiger partial charge < -0.3 is 4.57 Å². The molecule has 0 aliphatic carbocycles. The Morgan fingerprint density at radius 2 is 2.00 bits per heavy atom. The molecular weight excluding hydrogens is 259 g/mol. The van der Waals surface area contributed by atoms with Crippen LogP contribution in [0.4, 0.5) is 0 Å². The van der Waals surface area contributed by atoms with Gasteiger partial charge in [-0.2, -0.15) is 0 Å². The maximum atomic E-state index is 12.2. The van der Waals surface area contributed by atoms with Gasteiger partial charge in [0.1, 0.15) is 10.3 Å². The lowest BCUT2D eigenvalue weighted by Gasteiger charge is -2.04. The van der Waals surface area contributed by atoms with E-state index in [0.29, 0.717) is 11.3 Å². The van der Waals surface area contributed by atoms with Crippen molar-refractivity contribution in [1.29, 1.82) is 0 Å². The van der Waals surface area contributed by atoms with Crippen LogP contribution in [0.2, 0.25) is 10.3 Å². The number of carbonyl (C=O) groups excluding carboxylic acids is 1. The molecule has 0 saturated carbocycles. The zero-order chi connectivity index (χ0) is 12.4. The molecule has 0 unspecified atom stereocenters. The topological polar surface area (TPSA) is 34.9 Å². The van der Waals surface area contributed by atoms with Crippen LogP contribution >= 0.6 is 23.2 Å². The van der Waals surface area contributed by atoms with Crippen molar-refractivity contribution >= 4 is 35.2 Å². The Labute approximate surface area is 108 Å². The van der Waals surface area contributed by atoms with Gasteiger partial charge in [0.15, 0.2) is 0 Å². The van der Waals surface area contributed by atoms with E-state index in [-0.39, 0.29) is 16.1 Å². The smallest absolute Gasteiger partial charge is 0.209 e. The van der Waals surface area contributed by atoms with Crippen molar-refractivity contribution in [2.75, 3.05) is 0 Å². The third-order valence-corrected chi connectivity index (χ3v) is 2.62. The van der Waals surface area contributed by atoms with E-state index < -0.39 is 0 Å². The number of hydrogen-bond donors (Lipinski definition) is 0. The molecule has 0 atom stereocenters. The molecule has 2 heterocycles. The second kappa shape index (κ2) is 4.73.